The standard InChI is InChI=1S/C18H30N2O/c1-18(2,14-13-16-10-6-5-7-11-16)20-17(21)12-8-3-4-9-15-19/h5-7,10-11H,3-4,8-9,12-15,19H2,1-2H3,(H,20,21). The summed E-state index contributed by atoms with van der Waals surface area (Å²) >= 11 is 0. The Labute approximate surface area is 129 Å². The molecule has 1 aromatic carbocycles. The maximum Gasteiger partial charge on any atom is 0.220 e. The molecule has 3 N–H and O–H groups in total. The lowest BCUT2D eigenvalue weighted by molar-refractivity contribution is -0.122. The van der Waals surface area contributed by atoms with Crippen molar-refractivity contribution in [2.75, 3.05) is 6.54 Å². The molecule has 0 saturated heterocycles. The number of rotatable bonds is 10. The topological polar surface area (TPSA) is 55.1 Å². The highest BCUT2D eigenvalue weighted by atomic mass is 16.1. The van der Waals surface area contributed by atoms with Gasteiger partial charge in [0, 0.05) is 12.0 Å². The van der Waals surface area contributed by atoms with E-state index in [4.69, 9.17) is 5.73 Å². The highest BCUT2D eigenvalue weighted by Crippen LogP contribution is 2.14. The van der Waals surface area contributed by atoms with Gasteiger partial charge < -0.3 is 11.1 Å². The molecule has 1 amide bonds. The van der Waals surface area contributed by atoms with Crippen molar-refractivity contribution in [3.8, 4) is 0 Å². The molecule has 118 valence electrons. The van der Waals surface area contributed by atoms with Crippen LogP contribution in [0.3, 0.4) is 0 Å². The highest BCUT2D eigenvalue weighted by Gasteiger charge is 2.19. The molecule has 0 aliphatic heterocycles. The predicted molar refractivity (Wildman–Crippen MR) is 89.1 cm³/mol. The first-order valence-corrected chi connectivity index (χ1v) is 8.08. The van der Waals surface area contributed by atoms with E-state index in [1.807, 2.05) is 6.07 Å². The maximum absolute atomic E-state index is 12.0. The number of benzene rings is 1. The van der Waals surface area contributed by atoms with Crippen molar-refractivity contribution in [1.29, 1.82) is 0 Å². The van der Waals surface area contributed by atoms with Gasteiger partial charge in [0.25, 0.3) is 0 Å². The van der Waals surface area contributed by atoms with E-state index in [1.165, 1.54) is 5.56 Å². The van der Waals surface area contributed by atoms with E-state index < -0.39 is 0 Å². The third kappa shape index (κ3) is 8.51. The Morgan fingerprint density at radius 3 is 2.43 bits per heavy atom. The maximum atomic E-state index is 12.0. The van der Waals surface area contributed by atoms with Gasteiger partial charge in [0.1, 0.15) is 0 Å². The Morgan fingerprint density at radius 1 is 1.10 bits per heavy atom. The van der Waals surface area contributed by atoms with Crippen molar-refractivity contribution in [2.24, 2.45) is 5.73 Å². The van der Waals surface area contributed by atoms with E-state index >= 15 is 0 Å². The first-order chi connectivity index (χ1) is 10.0. The fraction of sp³-hybridized carbons (Fsp3) is 0.611. The Morgan fingerprint density at radius 2 is 1.76 bits per heavy atom. The van der Waals surface area contributed by atoms with E-state index in [-0.39, 0.29) is 11.4 Å². The molecule has 1 rings (SSSR count). The minimum atomic E-state index is -0.149. The zero-order valence-corrected chi connectivity index (χ0v) is 13.5. The summed E-state index contributed by atoms with van der Waals surface area (Å²) in [6, 6.07) is 10.4. The molecule has 0 aromatic heterocycles. The van der Waals surface area contributed by atoms with Gasteiger partial charge in [-0.3, -0.25) is 4.79 Å². The molecule has 0 aliphatic rings. The van der Waals surface area contributed by atoms with Crippen molar-refractivity contribution in [2.45, 2.75) is 64.3 Å². The third-order valence-corrected chi connectivity index (χ3v) is 3.72. The van der Waals surface area contributed by atoms with Gasteiger partial charge in [0.15, 0.2) is 0 Å². The average molecular weight is 290 g/mol. The predicted octanol–water partition coefficient (Wildman–Crippen LogP) is 3.42. The summed E-state index contributed by atoms with van der Waals surface area (Å²) in [4.78, 5) is 12.0. The first-order valence-electron chi connectivity index (χ1n) is 8.08. The van der Waals surface area contributed by atoms with Crippen LogP contribution in [0.25, 0.3) is 0 Å². The number of carbonyl (C=O) groups is 1. The molecular formula is C18H30N2O. The minimum absolute atomic E-state index is 0.149. The summed E-state index contributed by atoms with van der Waals surface area (Å²) in [7, 11) is 0. The molecule has 0 radical (unpaired) electrons. The molecule has 0 saturated carbocycles. The summed E-state index contributed by atoms with van der Waals surface area (Å²) in [5.74, 6) is 0.167. The Balaban J connectivity index is 2.23. The quantitative estimate of drug-likeness (QED) is 0.649. The second-order valence-electron chi connectivity index (χ2n) is 6.37. The van der Waals surface area contributed by atoms with Gasteiger partial charge in [-0.15, -0.1) is 0 Å². The Kier molecular flexibility index (Phi) is 8.06. The molecule has 0 bridgehead atoms. The van der Waals surface area contributed by atoms with Crippen LogP contribution >= 0.6 is 0 Å². The lowest BCUT2D eigenvalue weighted by Gasteiger charge is -2.26. The smallest absolute Gasteiger partial charge is 0.220 e. The van der Waals surface area contributed by atoms with E-state index in [0.717, 1.165) is 45.1 Å². The summed E-state index contributed by atoms with van der Waals surface area (Å²) < 4.78 is 0. The van der Waals surface area contributed by atoms with E-state index in [1.54, 1.807) is 0 Å². The molecule has 0 aliphatic carbocycles. The fourth-order valence-corrected chi connectivity index (χ4v) is 2.39. The summed E-state index contributed by atoms with van der Waals surface area (Å²) in [5.41, 5.74) is 6.63. The van der Waals surface area contributed by atoms with Gasteiger partial charge in [0.2, 0.25) is 5.91 Å². The monoisotopic (exact) mass is 290 g/mol. The Bertz CT molecular complexity index is 401. The first kappa shape index (κ1) is 17.7. The van der Waals surface area contributed by atoms with Crippen LogP contribution in [0.4, 0.5) is 0 Å². The van der Waals surface area contributed by atoms with E-state index in [2.05, 4.69) is 43.4 Å². The number of unbranched alkanes of at least 4 members (excludes halogenated alkanes) is 3. The number of hydrogen-bond donors (Lipinski definition) is 2. The summed E-state index contributed by atoms with van der Waals surface area (Å²) in [6.45, 7) is 4.95. The molecule has 3 nitrogen and oxygen atoms in total. The SMILES string of the molecule is CC(C)(CCc1ccccc1)NC(=O)CCCCCCN. The van der Waals surface area contributed by atoms with Crippen LogP contribution in [0.15, 0.2) is 30.3 Å². The Hall–Kier alpha value is -1.35. The minimum Gasteiger partial charge on any atom is -0.351 e. The van der Waals surface area contributed by atoms with Gasteiger partial charge in [-0.05, 0) is 51.6 Å². The number of hydrogen-bond acceptors (Lipinski definition) is 2. The second kappa shape index (κ2) is 9.56. The van der Waals surface area contributed by atoms with E-state index in [0.29, 0.717) is 6.42 Å². The molecule has 0 heterocycles. The van der Waals surface area contributed by atoms with Gasteiger partial charge in [0.05, 0.1) is 0 Å². The van der Waals surface area contributed by atoms with Crippen LogP contribution in [-0.4, -0.2) is 18.0 Å². The van der Waals surface area contributed by atoms with Crippen molar-refractivity contribution in [1.82, 2.24) is 5.32 Å². The highest BCUT2D eigenvalue weighted by molar-refractivity contribution is 5.76. The lowest BCUT2D eigenvalue weighted by Crippen LogP contribution is -2.43. The number of carbonyl (C=O) groups excluding carboxylic acids is 1. The summed E-state index contributed by atoms with van der Waals surface area (Å²) in [5, 5.41) is 3.15. The van der Waals surface area contributed by atoms with Crippen LogP contribution < -0.4 is 11.1 Å². The number of nitrogens with two attached hydrogens (primary N) is 1. The van der Waals surface area contributed by atoms with E-state index in [9.17, 15) is 4.79 Å². The van der Waals surface area contributed by atoms with Gasteiger partial charge >= 0.3 is 0 Å². The molecule has 0 atom stereocenters. The normalized spacial score (nSPS) is 11.4. The molecule has 3 heteroatoms. The molecule has 0 unspecified atom stereocenters. The van der Waals surface area contributed by atoms with Crippen molar-refractivity contribution >= 4 is 5.91 Å². The zero-order valence-electron chi connectivity index (χ0n) is 13.5. The van der Waals surface area contributed by atoms with Crippen molar-refractivity contribution < 1.29 is 4.79 Å². The largest absolute Gasteiger partial charge is 0.351 e. The average Bonchev–Trinajstić information content (AvgIpc) is 2.46. The molecule has 0 spiro atoms. The van der Waals surface area contributed by atoms with Crippen LogP contribution in [0, 0.1) is 0 Å². The molecule has 21 heavy (non-hydrogen) atoms. The van der Waals surface area contributed by atoms with Gasteiger partial charge in [-0.25, -0.2) is 0 Å². The molecular weight excluding hydrogens is 260 g/mol. The molecule has 0 fully saturated rings. The second-order valence-corrected chi connectivity index (χ2v) is 6.37. The van der Waals surface area contributed by atoms with Crippen LogP contribution in [0.2, 0.25) is 0 Å². The van der Waals surface area contributed by atoms with Gasteiger partial charge in [-0.2, -0.15) is 0 Å². The van der Waals surface area contributed by atoms with Crippen molar-refractivity contribution in [3.63, 3.8) is 0 Å². The fourth-order valence-electron chi connectivity index (χ4n) is 2.39. The number of aryl methyl sites for hydroxylation is 1. The zero-order chi connectivity index (χ0) is 15.6. The number of amides is 1. The third-order valence-electron chi connectivity index (χ3n) is 3.72. The summed E-state index contributed by atoms with van der Waals surface area (Å²) in [6.07, 6.45) is 6.81. The van der Waals surface area contributed by atoms with Gasteiger partial charge in [-0.1, -0.05) is 43.2 Å². The lowest BCUT2D eigenvalue weighted by atomic mass is 9.95. The molecule has 1 aromatic rings. The van der Waals surface area contributed by atoms with Crippen molar-refractivity contribution in [3.05, 3.63) is 35.9 Å². The number of nitrogens with one attached hydrogen (secondary N) is 1. The van der Waals surface area contributed by atoms with Crippen LogP contribution in [0.1, 0.15) is 57.9 Å². The van der Waals surface area contributed by atoms with Crippen LogP contribution in [-0.2, 0) is 11.2 Å². The van der Waals surface area contributed by atoms with Crippen LogP contribution in [0.5, 0.6) is 0 Å².